The molecule has 0 bridgehead atoms. The lowest BCUT2D eigenvalue weighted by atomic mass is 10.1. The number of aliphatic hydroxyl groups excluding tert-OH is 2. The SMILES string of the molecule is CCOc1cc(N=Nc2ccc(N(CCO)CCO)cc2)ccc1N=Nc1c(S(=O)(=O)O)cc2ccc(N)cc2c1O. The van der Waals surface area contributed by atoms with Crippen LogP contribution in [0.1, 0.15) is 6.92 Å². The molecule has 0 radical (unpaired) electrons. The van der Waals surface area contributed by atoms with Gasteiger partial charge in [0, 0.05) is 35.9 Å². The monoisotopic (exact) mass is 594 g/mol. The van der Waals surface area contributed by atoms with Gasteiger partial charge in [-0.3, -0.25) is 4.55 Å². The molecule has 0 fully saturated rings. The Morgan fingerprint density at radius 1 is 0.857 bits per heavy atom. The fourth-order valence-corrected chi connectivity index (χ4v) is 4.79. The van der Waals surface area contributed by atoms with Gasteiger partial charge in [0.05, 0.1) is 31.2 Å². The molecule has 0 saturated carbocycles. The molecule has 42 heavy (non-hydrogen) atoms. The normalized spacial score (nSPS) is 12.0. The molecule has 0 unspecified atom stereocenters. The zero-order valence-corrected chi connectivity index (χ0v) is 23.4. The molecule has 4 aromatic rings. The summed E-state index contributed by atoms with van der Waals surface area (Å²) < 4.78 is 39.6. The molecule has 4 aromatic carbocycles. The first-order valence-electron chi connectivity index (χ1n) is 12.8. The number of nitrogens with two attached hydrogens (primary N) is 1. The highest BCUT2D eigenvalue weighted by atomic mass is 32.2. The number of anilines is 2. The Kier molecular flexibility index (Phi) is 9.64. The Balaban J connectivity index is 1.63. The lowest BCUT2D eigenvalue weighted by Crippen LogP contribution is -2.29. The average Bonchev–Trinajstić information content (AvgIpc) is 2.96. The average molecular weight is 595 g/mol. The number of phenols is 1. The minimum atomic E-state index is -4.76. The van der Waals surface area contributed by atoms with Crippen LogP contribution in [0.4, 0.5) is 34.1 Å². The summed E-state index contributed by atoms with van der Waals surface area (Å²) in [6.07, 6.45) is 0. The van der Waals surface area contributed by atoms with E-state index in [1.54, 1.807) is 31.2 Å². The molecular formula is C28H30N6O7S. The van der Waals surface area contributed by atoms with Crippen LogP contribution in [0.3, 0.4) is 0 Å². The van der Waals surface area contributed by atoms with E-state index in [1.165, 1.54) is 30.3 Å². The second-order valence-electron chi connectivity index (χ2n) is 8.96. The maximum Gasteiger partial charge on any atom is 0.296 e. The summed E-state index contributed by atoms with van der Waals surface area (Å²) in [4.78, 5) is 1.22. The zero-order valence-electron chi connectivity index (χ0n) is 22.6. The molecule has 0 aliphatic heterocycles. The lowest BCUT2D eigenvalue weighted by Gasteiger charge is -2.22. The highest BCUT2D eigenvalue weighted by Gasteiger charge is 2.22. The standard InChI is InChI=1S/C28H30N6O7S/c1-2-41-25-17-21(31-30-20-5-8-22(9-6-20)34(11-13-35)12-14-36)7-10-24(25)32-33-27-26(42(38,39)40)15-18-3-4-19(29)16-23(18)28(27)37/h3-10,15-17,35-37H,2,11-14,29H2,1H3,(H,38,39,40). The van der Waals surface area contributed by atoms with Crippen molar-refractivity contribution in [3.05, 3.63) is 66.7 Å². The molecule has 6 N–H and O–H groups in total. The van der Waals surface area contributed by atoms with E-state index in [0.717, 1.165) is 5.69 Å². The van der Waals surface area contributed by atoms with Gasteiger partial charge in [-0.25, -0.2) is 0 Å². The second-order valence-corrected chi connectivity index (χ2v) is 10.4. The Bertz CT molecular complexity index is 1720. The third kappa shape index (κ3) is 7.16. The lowest BCUT2D eigenvalue weighted by molar-refractivity contribution is 0.281. The van der Waals surface area contributed by atoms with Crippen LogP contribution in [-0.4, -0.2) is 61.2 Å². The van der Waals surface area contributed by atoms with E-state index in [9.17, 15) is 28.3 Å². The Labute approximate surface area is 242 Å². The first kappa shape index (κ1) is 30.3. The third-order valence-corrected chi connectivity index (χ3v) is 6.96. The van der Waals surface area contributed by atoms with Crippen molar-refractivity contribution in [2.75, 3.05) is 43.5 Å². The molecule has 14 heteroatoms. The van der Waals surface area contributed by atoms with Gasteiger partial charge in [0.1, 0.15) is 22.0 Å². The number of azo groups is 2. The van der Waals surface area contributed by atoms with Crippen LogP contribution in [0.2, 0.25) is 0 Å². The number of nitrogens with zero attached hydrogens (tertiary/aromatic N) is 5. The number of hydrogen-bond donors (Lipinski definition) is 5. The fraction of sp³-hybridized carbons (Fsp3) is 0.214. The molecule has 0 aliphatic carbocycles. The van der Waals surface area contributed by atoms with Gasteiger partial charge in [0.15, 0.2) is 5.75 Å². The van der Waals surface area contributed by atoms with Crippen LogP contribution < -0.4 is 15.4 Å². The predicted octanol–water partition coefficient (Wildman–Crippen LogP) is 5.39. The maximum atomic E-state index is 12.1. The van der Waals surface area contributed by atoms with E-state index in [-0.39, 0.29) is 36.6 Å². The molecule has 13 nitrogen and oxygen atoms in total. The van der Waals surface area contributed by atoms with Crippen LogP contribution in [0.25, 0.3) is 10.8 Å². The van der Waals surface area contributed by atoms with Gasteiger partial charge < -0.3 is 30.7 Å². The quantitative estimate of drug-likeness (QED) is 0.0808. The molecule has 0 aliphatic rings. The molecule has 0 spiro atoms. The summed E-state index contributed by atoms with van der Waals surface area (Å²) in [7, 11) is -4.76. The third-order valence-electron chi connectivity index (χ3n) is 6.09. The number of nitrogen functional groups attached to an aromatic ring is 1. The van der Waals surface area contributed by atoms with Crippen molar-refractivity contribution in [1.29, 1.82) is 0 Å². The van der Waals surface area contributed by atoms with Gasteiger partial charge in [0.25, 0.3) is 10.1 Å². The topological polar surface area (TPSA) is 203 Å². The van der Waals surface area contributed by atoms with Crippen molar-refractivity contribution in [2.24, 2.45) is 20.5 Å². The number of benzene rings is 4. The second kappa shape index (κ2) is 13.4. The molecule has 0 saturated heterocycles. The van der Waals surface area contributed by atoms with Gasteiger partial charge in [-0.1, -0.05) is 6.07 Å². The van der Waals surface area contributed by atoms with E-state index >= 15 is 0 Å². The van der Waals surface area contributed by atoms with Gasteiger partial charge in [0.2, 0.25) is 0 Å². The van der Waals surface area contributed by atoms with Crippen LogP contribution >= 0.6 is 0 Å². The highest BCUT2D eigenvalue weighted by molar-refractivity contribution is 7.86. The van der Waals surface area contributed by atoms with E-state index in [4.69, 9.17) is 10.5 Å². The van der Waals surface area contributed by atoms with Crippen LogP contribution in [-0.2, 0) is 10.1 Å². The van der Waals surface area contributed by atoms with Crippen molar-refractivity contribution >= 4 is 55.0 Å². The molecule has 220 valence electrons. The van der Waals surface area contributed by atoms with Crippen molar-refractivity contribution in [1.82, 2.24) is 0 Å². The smallest absolute Gasteiger partial charge is 0.296 e. The predicted molar refractivity (Wildman–Crippen MR) is 159 cm³/mol. The number of aromatic hydroxyl groups is 1. The first-order chi connectivity index (χ1) is 20.1. The number of hydrogen-bond acceptors (Lipinski definition) is 12. The number of rotatable bonds is 12. The number of aliphatic hydroxyl groups is 2. The van der Waals surface area contributed by atoms with Gasteiger partial charge >= 0.3 is 0 Å². The molecule has 4 rings (SSSR count). The van der Waals surface area contributed by atoms with Gasteiger partial charge in [-0.2, -0.15) is 18.6 Å². The maximum absolute atomic E-state index is 12.1. The van der Waals surface area contributed by atoms with Crippen LogP contribution in [0.5, 0.6) is 11.5 Å². The zero-order chi connectivity index (χ0) is 30.3. The minimum Gasteiger partial charge on any atom is -0.505 e. The van der Waals surface area contributed by atoms with Crippen LogP contribution in [0, 0.1) is 0 Å². The molecule has 0 amide bonds. The Hall–Kier alpha value is -4.63. The first-order valence-corrected chi connectivity index (χ1v) is 14.3. The summed E-state index contributed by atoms with van der Waals surface area (Å²) in [6, 6.07) is 17.5. The largest absolute Gasteiger partial charge is 0.505 e. The van der Waals surface area contributed by atoms with E-state index < -0.39 is 26.5 Å². The van der Waals surface area contributed by atoms with Crippen molar-refractivity contribution in [2.45, 2.75) is 11.8 Å². The molecule has 0 atom stereocenters. The van der Waals surface area contributed by atoms with Crippen molar-refractivity contribution in [3.63, 3.8) is 0 Å². The Morgan fingerprint density at radius 2 is 1.52 bits per heavy atom. The summed E-state index contributed by atoms with van der Waals surface area (Å²) in [5, 5.41) is 46.4. The van der Waals surface area contributed by atoms with Gasteiger partial charge in [-0.15, -0.1) is 10.2 Å². The number of ether oxygens (including phenoxy) is 1. The number of fused-ring (bicyclic) bond motifs is 1. The van der Waals surface area contributed by atoms with Crippen molar-refractivity contribution in [3.8, 4) is 11.5 Å². The highest BCUT2D eigenvalue weighted by Crippen LogP contribution is 2.43. The summed E-state index contributed by atoms with van der Waals surface area (Å²) in [5.74, 6) is -0.240. The van der Waals surface area contributed by atoms with Crippen LogP contribution in [0.15, 0.2) is 92.1 Å². The van der Waals surface area contributed by atoms with E-state index in [2.05, 4.69) is 20.5 Å². The minimum absolute atomic E-state index is 0.0422. The Morgan fingerprint density at radius 3 is 2.17 bits per heavy atom. The number of phenolic OH excluding ortho intramolecular Hbond substituents is 1. The summed E-state index contributed by atoms with van der Waals surface area (Å²) in [6.45, 7) is 2.73. The van der Waals surface area contributed by atoms with Crippen molar-refractivity contribution < 1.29 is 33.0 Å². The molecule has 0 heterocycles. The van der Waals surface area contributed by atoms with E-state index in [0.29, 0.717) is 35.5 Å². The summed E-state index contributed by atoms with van der Waals surface area (Å²) >= 11 is 0. The molecular weight excluding hydrogens is 564 g/mol. The van der Waals surface area contributed by atoms with E-state index in [1.807, 2.05) is 17.0 Å². The molecule has 0 aromatic heterocycles. The fourth-order valence-electron chi connectivity index (χ4n) is 4.13. The summed E-state index contributed by atoms with van der Waals surface area (Å²) in [5.41, 5.74) is 7.74. The van der Waals surface area contributed by atoms with Gasteiger partial charge in [-0.05, 0) is 66.9 Å².